The van der Waals surface area contributed by atoms with Crippen LogP contribution >= 0.6 is 11.6 Å². The number of imidazole rings is 1. The first-order chi connectivity index (χ1) is 9.26. The Kier molecular flexibility index (Phi) is 4.82. The molecule has 0 radical (unpaired) electrons. The van der Waals surface area contributed by atoms with Crippen molar-refractivity contribution in [3.05, 3.63) is 47.0 Å². The molecule has 0 bridgehead atoms. The van der Waals surface area contributed by atoms with Crippen molar-refractivity contribution >= 4 is 11.6 Å². The summed E-state index contributed by atoms with van der Waals surface area (Å²) in [6, 6.07) is 5.56. The highest BCUT2D eigenvalue weighted by molar-refractivity contribution is 6.31. The van der Waals surface area contributed by atoms with Crippen LogP contribution in [0.25, 0.3) is 0 Å². The van der Waals surface area contributed by atoms with Crippen molar-refractivity contribution in [2.45, 2.75) is 33.0 Å². The molecule has 0 saturated heterocycles. The molecule has 5 heteroatoms. The van der Waals surface area contributed by atoms with Gasteiger partial charge in [-0.05, 0) is 18.6 Å². The Labute approximate surface area is 118 Å². The normalized spacial score (nSPS) is 10.7. The number of ether oxygens (including phenoxy) is 1. The molecule has 1 aromatic carbocycles. The summed E-state index contributed by atoms with van der Waals surface area (Å²) in [5, 5.41) is 0.641. The van der Waals surface area contributed by atoms with Gasteiger partial charge in [-0.1, -0.05) is 24.6 Å². The molecule has 0 amide bonds. The van der Waals surface area contributed by atoms with E-state index in [0.717, 1.165) is 30.0 Å². The van der Waals surface area contributed by atoms with Crippen LogP contribution in [0.2, 0.25) is 5.02 Å². The average molecular weight is 280 g/mol. The van der Waals surface area contributed by atoms with Crippen LogP contribution in [0.3, 0.4) is 0 Å². The number of benzene rings is 1. The SMILES string of the molecule is CCCn1cncc1COc1cccc(Cl)c1CN. The van der Waals surface area contributed by atoms with E-state index in [1.165, 1.54) is 0 Å². The number of aromatic nitrogens is 2. The molecule has 2 N–H and O–H groups in total. The van der Waals surface area contributed by atoms with Crippen LogP contribution in [0, 0.1) is 0 Å². The van der Waals surface area contributed by atoms with Crippen LogP contribution in [-0.2, 0) is 19.7 Å². The molecule has 4 nitrogen and oxygen atoms in total. The zero-order chi connectivity index (χ0) is 13.7. The van der Waals surface area contributed by atoms with E-state index in [9.17, 15) is 0 Å². The van der Waals surface area contributed by atoms with Crippen LogP contribution in [0.1, 0.15) is 24.6 Å². The maximum atomic E-state index is 6.09. The van der Waals surface area contributed by atoms with Crippen molar-refractivity contribution < 1.29 is 4.74 Å². The van der Waals surface area contributed by atoms with Gasteiger partial charge in [0.2, 0.25) is 0 Å². The minimum absolute atomic E-state index is 0.364. The minimum atomic E-state index is 0.364. The highest BCUT2D eigenvalue weighted by atomic mass is 35.5. The van der Waals surface area contributed by atoms with Gasteiger partial charge in [-0.25, -0.2) is 4.98 Å². The van der Waals surface area contributed by atoms with E-state index in [0.29, 0.717) is 18.2 Å². The van der Waals surface area contributed by atoms with E-state index in [1.54, 1.807) is 0 Å². The lowest BCUT2D eigenvalue weighted by Gasteiger charge is -2.12. The van der Waals surface area contributed by atoms with E-state index in [1.807, 2.05) is 30.7 Å². The van der Waals surface area contributed by atoms with Crippen molar-refractivity contribution in [1.82, 2.24) is 9.55 Å². The molecule has 0 aliphatic carbocycles. The van der Waals surface area contributed by atoms with Gasteiger partial charge in [-0.2, -0.15) is 0 Å². The fourth-order valence-corrected chi connectivity index (χ4v) is 2.18. The zero-order valence-corrected chi connectivity index (χ0v) is 11.7. The van der Waals surface area contributed by atoms with Gasteiger partial charge in [-0.15, -0.1) is 0 Å². The van der Waals surface area contributed by atoms with Gasteiger partial charge in [0.1, 0.15) is 12.4 Å². The van der Waals surface area contributed by atoms with Crippen LogP contribution in [0.15, 0.2) is 30.7 Å². The van der Waals surface area contributed by atoms with Gasteiger partial charge < -0.3 is 15.0 Å². The van der Waals surface area contributed by atoms with Crippen LogP contribution in [0.5, 0.6) is 5.75 Å². The third kappa shape index (κ3) is 3.28. The lowest BCUT2D eigenvalue weighted by atomic mass is 10.2. The molecule has 0 aliphatic rings. The first-order valence-electron chi connectivity index (χ1n) is 6.35. The molecule has 1 aromatic heterocycles. The van der Waals surface area contributed by atoms with Gasteiger partial charge in [0, 0.05) is 23.7 Å². The van der Waals surface area contributed by atoms with Gasteiger partial charge in [0.05, 0.1) is 18.2 Å². The molecule has 1 heterocycles. The Morgan fingerprint density at radius 3 is 3.00 bits per heavy atom. The Morgan fingerprint density at radius 2 is 2.26 bits per heavy atom. The lowest BCUT2D eigenvalue weighted by Crippen LogP contribution is -2.07. The lowest BCUT2D eigenvalue weighted by molar-refractivity contribution is 0.291. The van der Waals surface area contributed by atoms with Gasteiger partial charge >= 0.3 is 0 Å². The molecule has 0 fully saturated rings. The molecule has 2 aromatic rings. The van der Waals surface area contributed by atoms with E-state index in [4.69, 9.17) is 22.1 Å². The van der Waals surface area contributed by atoms with E-state index in [-0.39, 0.29) is 0 Å². The highest BCUT2D eigenvalue weighted by Gasteiger charge is 2.08. The second-order valence-corrected chi connectivity index (χ2v) is 4.69. The summed E-state index contributed by atoms with van der Waals surface area (Å²) >= 11 is 6.09. The Bertz CT molecular complexity index is 539. The third-order valence-corrected chi connectivity index (χ3v) is 3.27. The summed E-state index contributed by atoms with van der Waals surface area (Å²) < 4.78 is 7.90. The number of hydrogen-bond acceptors (Lipinski definition) is 3. The Hall–Kier alpha value is -1.52. The number of halogens is 1. The predicted molar refractivity (Wildman–Crippen MR) is 76.2 cm³/mol. The fourth-order valence-electron chi connectivity index (χ4n) is 1.93. The second-order valence-electron chi connectivity index (χ2n) is 4.29. The molecule has 2 rings (SSSR count). The van der Waals surface area contributed by atoms with Crippen molar-refractivity contribution in [2.24, 2.45) is 5.73 Å². The van der Waals surface area contributed by atoms with Crippen LogP contribution in [-0.4, -0.2) is 9.55 Å². The third-order valence-electron chi connectivity index (χ3n) is 2.92. The van der Waals surface area contributed by atoms with Crippen molar-refractivity contribution in [2.75, 3.05) is 0 Å². The molecule has 19 heavy (non-hydrogen) atoms. The smallest absolute Gasteiger partial charge is 0.130 e. The topological polar surface area (TPSA) is 53.1 Å². The quantitative estimate of drug-likeness (QED) is 0.884. The fraction of sp³-hybridized carbons (Fsp3) is 0.357. The number of nitrogens with zero attached hydrogens (tertiary/aromatic N) is 2. The first kappa shape index (κ1) is 13.9. The largest absolute Gasteiger partial charge is 0.487 e. The summed E-state index contributed by atoms with van der Waals surface area (Å²) in [5.74, 6) is 0.735. The van der Waals surface area contributed by atoms with Crippen LogP contribution < -0.4 is 10.5 Å². The van der Waals surface area contributed by atoms with Gasteiger partial charge in [-0.3, -0.25) is 0 Å². The van der Waals surface area contributed by atoms with E-state index in [2.05, 4.69) is 16.5 Å². The van der Waals surface area contributed by atoms with Crippen LogP contribution in [0.4, 0.5) is 0 Å². The Balaban J connectivity index is 2.10. The van der Waals surface area contributed by atoms with Crippen molar-refractivity contribution in [1.29, 1.82) is 0 Å². The average Bonchev–Trinajstić information content (AvgIpc) is 2.84. The molecular weight excluding hydrogens is 262 g/mol. The molecular formula is C14H18ClN3O. The Morgan fingerprint density at radius 1 is 1.42 bits per heavy atom. The van der Waals surface area contributed by atoms with Crippen molar-refractivity contribution in [3.63, 3.8) is 0 Å². The van der Waals surface area contributed by atoms with Gasteiger partial charge in [0.15, 0.2) is 0 Å². The summed E-state index contributed by atoms with van der Waals surface area (Å²) in [5.41, 5.74) is 7.58. The number of hydrogen-bond donors (Lipinski definition) is 1. The molecule has 0 spiro atoms. The van der Waals surface area contributed by atoms with Gasteiger partial charge in [0.25, 0.3) is 0 Å². The standard InChI is InChI=1S/C14H18ClN3O/c1-2-6-18-10-17-8-11(18)9-19-14-5-3-4-13(15)12(14)7-16/h3-5,8,10H,2,6-7,9,16H2,1H3. The number of rotatable bonds is 6. The molecule has 0 saturated carbocycles. The maximum Gasteiger partial charge on any atom is 0.130 e. The monoisotopic (exact) mass is 279 g/mol. The molecule has 0 aliphatic heterocycles. The molecule has 0 atom stereocenters. The predicted octanol–water partition coefficient (Wildman–Crippen LogP) is 2.98. The molecule has 0 unspecified atom stereocenters. The van der Waals surface area contributed by atoms with E-state index < -0.39 is 0 Å². The first-order valence-corrected chi connectivity index (χ1v) is 6.73. The summed E-state index contributed by atoms with van der Waals surface area (Å²) in [6.45, 7) is 3.91. The second kappa shape index (κ2) is 6.59. The van der Waals surface area contributed by atoms with E-state index >= 15 is 0 Å². The minimum Gasteiger partial charge on any atom is -0.487 e. The number of nitrogens with two attached hydrogens (primary N) is 1. The summed E-state index contributed by atoms with van der Waals surface area (Å²) in [7, 11) is 0. The zero-order valence-electron chi connectivity index (χ0n) is 11.0. The van der Waals surface area contributed by atoms with Crippen molar-refractivity contribution in [3.8, 4) is 5.75 Å². The maximum absolute atomic E-state index is 6.09. The number of aryl methyl sites for hydroxylation is 1. The summed E-state index contributed by atoms with van der Waals surface area (Å²) in [6.07, 6.45) is 4.71. The highest BCUT2D eigenvalue weighted by Crippen LogP contribution is 2.26. The molecule has 102 valence electrons. The summed E-state index contributed by atoms with van der Waals surface area (Å²) in [4.78, 5) is 4.15.